The molecule has 1 aliphatic rings. The van der Waals surface area contributed by atoms with Crippen molar-refractivity contribution in [3.05, 3.63) is 29.8 Å². The van der Waals surface area contributed by atoms with Crippen molar-refractivity contribution in [2.75, 3.05) is 22.3 Å². The van der Waals surface area contributed by atoms with Crippen LogP contribution in [0.4, 0.5) is 5.69 Å². The summed E-state index contributed by atoms with van der Waals surface area (Å²) in [6.07, 6.45) is 1.25. The molecule has 1 aromatic carbocycles. The minimum Gasteiger partial charge on any atom is -0.307 e. The summed E-state index contributed by atoms with van der Waals surface area (Å²) in [5.41, 5.74) is 1.80. The molecule has 1 aliphatic heterocycles. The number of amides is 1. The molecule has 6 heteroatoms. The molecule has 1 amide bonds. The van der Waals surface area contributed by atoms with Crippen molar-refractivity contribution < 1.29 is 13.2 Å². The Morgan fingerprint density at radius 2 is 2.10 bits per heavy atom. The lowest BCUT2D eigenvalue weighted by Crippen LogP contribution is -2.42. The van der Waals surface area contributed by atoms with Crippen LogP contribution in [0.15, 0.2) is 24.3 Å². The number of carbonyl (C=O) groups is 1. The van der Waals surface area contributed by atoms with E-state index in [1.807, 2.05) is 31.2 Å². The third kappa shape index (κ3) is 3.15. The van der Waals surface area contributed by atoms with Gasteiger partial charge in [0.15, 0.2) is 9.84 Å². The van der Waals surface area contributed by atoms with Gasteiger partial charge < -0.3 is 4.90 Å². The second-order valence-corrected chi connectivity index (χ2v) is 7.43. The van der Waals surface area contributed by atoms with Crippen LogP contribution >= 0.6 is 11.6 Å². The molecule has 110 valence electrons. The Hall–Kier alpha value is -1.07. The predicted molar refractivity (Wildman–Crippen MR) is 81.1 cm³/mol. The van der Waals surface area contributed by atoms with Gasteiger partial charge in [-0.1, -0.05) is 25.1 Å². The molecule has 0 saturated carbocycles. The van der Waals surface area contributed by atoms with E-state index in [1.54, 1.807) is 4.90 Å². The van der Waals surface area contributed by atoms with Gasteiger partial charge in [-0.25, -0.2) is 8.42 Å². The lowest BCUT2D eigenvalue weighted by atomic mass is 10.1. The summed E-state index contributed by atoms with van der Waals surface area (Å²) in [5.74, 6) is -0.227. The zero-order valence-corrected chi connectivity index (χ0v) is 13.0. The first-order valence-electron chi connectivity index (χ1n) is 6.65. The Morgan fingerprint density at radius 3 is 2.65 bits per heavy atom. The lowest BCUT2D eigenvalue weighted by molar-refractivity contribution is -0.116. The Bertz CT molecular complexity index is 600. The van der Waals surface area contributed by atoms with E-state index in [2.05, 4.69) is 0 Å². The molecule has 4 nitrogen and oxygen atoms in total. The predicted octanol–water partition coefficient (Wildman–Crippen LogP) is 2.01. The van der Waals surface area contributed by atoms with Crippen LogP contribution in [-0.4, -0.2) is 37.8 Å². The highest BCUT2D eigenvalue weighted by Crippen LogP contribution is 2.28. The molecule has 1 aromatic rings. The maximum atomic E-state index is 12.2. The van der Waals surface area contributed by atoms with Crippen molar-refractivity contribution in [2.45, 2.75) is 25.8 Å². The highest BCUT2D eigenvalue weighted by Gasteiger charge is 2.35. The van der Waals surface area contributed by atoms with Gasteiger partial charge in [-0.2, -0.15) is 0 Å². The van der Waals surface area contributed by atoms with E-state index in [-0.39, 0.29) is 29.3 Å². The monoisotopic (exact) mass is 315 g/mol. The van der Waals surface area contributed by atoms with Crippen LogP contribution in [0.25, 0.3) is 0 Å². The standard InChI is InChI=1S/C14H18ClNO3S/c1-2-11-5-3-4-6-13(11)16(14(17)9-15)12-7-8-20(18,19)10-12/h3-6,12H,2,7-10H2,1H3. The van der Waals surface area contributed by atoms with Crippen molar-refractivity contribution >= 4 is 33.0 Å². The zero-order valence-electron chi connectivity index (χ0n) is 11.4. The molecule has 0 aromatic heterocycles. The molecule has 0 N–H and O–H groups in total. The largest absolute Gasteiger partial charge is 0.307 e. The van der Waals surface area contributed by atoms with E-state index >= 15 is 0 Å². The summed E-state index contributed by atoms with van der Waals surface area (Å²) in [4.78, 5) is 13.8. The van der Waals surface area contributed by atoms with Crippen molar-refractivity contribution in [3.63, 3.8) is 0 Å². The van der Waals surface area contributed by atoms with Gasteiger partial charge in [0.05, 0.1) is 17.5 Å². The SMILES string of the molecule is CCc1ccccc1N(C(=O)CCl)C1CCS(=O)(=O)C1. The summed E-state index contributed by atoms with van der Waals surface area (Å²) >= 11 is 5.70. The van der Waals surface area contributed by atoms with Gasteiger partial charge in [0.2, 0.25) is 5.91 Å². The van der Waals surface area contributed by atoms with E-state index in [0.717, 1.165) is 17.7 Å². The van der Waals surface area contributed by atoms with Crippen LogP contribution < -0.4 is 4.90 Å². The van der Waals surface area contributed by atoms with Crippen LogP contribution in [0.3, 0.4) is 0 Å². The third-order valence-electron chi connectivity index (χ3n) is 3.59. The molecule has 0 bridgehead atoms. The average Bonchev–Trinajstić information content (AvgIpc) is 2.79. The molecular weight excluding hydrogens is 298 g/mol. The molecule has 1 unspecified atom stereocenters. The molecular formula is C14H18ClNO3S. The van der Waals surface area contributed by atoms with Gasteiger partial charge in [-0.05, 0) is 24.5 Å². The molecule has 1 fully saturated rings. The number of sulfone groups is 1. The van der Waals surface area contributed by atoms with E-state index in [9.17, 15) is 13.2 Å². The van der Waals surface area contributed by atoms with Crippen LogP contribution in [0, 0.1) is 0 Å². The second kappa shape index (κ2) is 6.14. The van der Waals surface area contributed by atoms with E-state index < -0.39 is 9.84 Å². The molecule has 0 radical (unpaired) electrons. The molecule has 20 heavy (non-hydrogen) atoms. The minimum atomic E-state index is -3.05. The molecule has 1 saturated heterocycles. The van der Waals surface area contributed by atoms with Gasteiger partial charge in [0, 0.05) is 5.69 Å². The fourth-order valence-corrected chi connectivity index (χ4v) is 4.45. The number of nitrogens with zero attached hydrogens (tertiary/aromatic N) is 1. The summed E-state index contributed by atoms with van der Waals surface area (Å²) in [7, 11) is -3.05. The van der Waals surface area contributed by atoms with Crippen molar-refractivity contribution in [2.24, 2.45) is 0 Å². The number of hydrogen-bond donors (Lipinski definition) is 0. The fourth-order valence-electron chi connectivity index (χ4n) is 2.62. The Labute approximate surface area is 124 Å². The van der Waals surface area contributed by atoms with Crippen LogP contribution in [0.5, 0.6) is 0 Å². The number of benzene rings is 1. The van der Waals surface area contributed by atoms with Crippen molar-refractivity contribution in [3.8, 4) is 0 Å². The maximum absolute atomic E-state index is 12.2. The van der Waals surface area contributed by atoms with Gasteiger partial charge >= 0.3 is 0 Å². The second-order valence-electron chi connectivity index (χ2n) is 4.94. The molecule has 0 spiro atoms. The number of alkyl halides is 1. The first kappa shape index (κ1) is 15.3. The number of hydrogen-bond acceptors (Lipinski definition) is 3. The van der Waals surface area contributed by atoms with E-state index in [0.29, 0.717) is 6.42 Å². The lowest BCUT2D eigenvalue weighted by Gasteiger charge is -2.29. The quantitative estimate of drug-likeness (QED) is 0.799. The van der Waals surface area contributed by atoms with Crippen LogP contribution in [0.1, 0.15) is 18.9 Å². The first-order chi connectivity index (χ1) is 9.48. The highest BCUT2D eigenvalue weighted by molar-refractivity contribution is 7.91. The molecule has 1 atom stereocenters. The number of para-hydroxylation sites is 1. The van der Waals surface area contributed by atoms with Gasteiger partial charge in [-0.15, -0.1) is 11.6 Å². The van der Waals surface area contributed by atoms with Crippen LogP contribution in [-0.2, 0) is 21.1 Å². The Balaban J connectivity index is 2.41. The Morgan fingerprint density at radius 1 is 1.40 bits per heavy atom. The Kier molecular flexibility index (Phi) is 4.70. The fraction of sp³-hybridized carbons (Fsp3) is 0.500. The van der Waals surface area contributed by atoms with E-state index in [4.69, 9.17) is 11.6 Å². The highest BCUT2D eigenvalue weighted by atomic mass is 35.5. The van der Waals surface area contributed by atoms with Gasteiger partial charge in [-0.3, -0.25) is 4.79 Å². The minimum absolute atomic E-state index is 0.0215. The maximum Gasteiger partial charge on any atom is 0.242 e. The number of carbonyl (C=O) groups excluding carboxylic acids is 1. The number of halogens is 1. The van der Waals surface area contributed by atoms with Crippen molar-refractivity contribution in [1.29, 1.82) is 0 Å². The summed E-state index contributed by atoms with van der Waals surface area (Å²) in [6, 6.07) is 7.27. The molecule has 2 rings (SSSR count). The topological polar surface area (TPSA) is 54.5 Å². The zero-order chi connectivity index (χ0) is 14.8. The number of aryl methyl sites for hydroxylation is 1. The average molecular weight is 316 g/mol. The van der Waals surface area contributed by atoms with Crippen LogP contribution in [0.2, 0.25) is 0 Å². The number of rotatable bonds is 4. The summed E-state index contributed by atoms with van der Waals surface area (Å²) in [6.45, 7) is 2.01. The number of anilines is 1. The third-order valence-corrected chi connectivity index (χ3v) is 5.57. The smallest absolute Gasteiger partial charge is 0.242 e. The first-order valence-corrected chi connectivity index (χ1v) is 9.00. The molecule has 0 aliphatic carbocycles. The summed E-state index contributed by atoms with van der Waals surface area (Å²) in [5, 5.41) is 0. The molecule has 1 heterocycles. The normalized spacial score (nSPS) is 20.8. The van der Waals surface area contributed by atoms with E-state index in [1.165, 1.54) is 0 Å². The summed E-state index contributed by atoms with van der Waals surface area (Å²) < 4.78 is 23.3. The van der Waals surface area contributed by atoms with Gasteiger partial charge in [0.25, 0.3) is 0 Å². The van der Waals surface area contributed by atoms with Gasteiger partial charge in [0.1, 0.15) is 5.88 Å². The van der Waals surface area contributed by atoms with Crippen molar-refractivity contribution in [1.82, 2.24) is 0 Å².